The van der Waals surface area contributed by atoms with Crippen molar-refractivity contribution in [3.8, 4) is 0 Å². The molecule has 0 bridgehead atoms. The fourth-order valence-electron chi connectivity index (χ4n) is 1.70. The van der Waals surface area contributed by atoms with Crippen molar-refractivity contribution in [1.29, 1.82) is 0 Å². The van der Waals surface area contributed by atoms with Gasteiger partial charge in [-0.2, -0.15) is 4.98 Å². The van der Waals surface area contributed by atoms with E-state index in [9.17, 15) is 0 Å². The quantitative estimate of drug-likeness (QED) is 0.661. The van der Waals surface area contributed by atoms with Gasteiger partial charge in [-0.15, -0.1) is 0 Å². The number of nitrogens with zero attached hydrogens (tertiary/aromatic N) is 2. The molecular weight excluding hydrogens is 303 g/mol. The summed E-state index contributed by atoms with van der Waals surface area (Å²) in [4.78, 5) is 11.6. The Balaban J connectivity index is 2.77. The molecule has 0 saturated carbocycles. The number of fused-ring (bicyclic) bond motifs is 1. The molecule has 5 heteroatoms. The fourth-order valence-corrected chi connectivity index (χ4v) is 2.26. The molecule has 0 aliphatic rings. The number of rotatable bonds is 2. The predicted octanol–water partition coefficient (Wildman–Crippen LogP) is 2.60. The Kier molecular flexibility index (Phi) is 2.81. The number of anilines is 1. The van der Waals surface area contributed by atoms with Gasteiger partial charge in [0.2, 0.25) is 5.95 Å². The molecule has 0 fully saturated rings. The van der Waals surface area contributed by atoms with Gasteiger partial charge in [0, 0.05) is 16.0 Å². The third-order valence-electron chi connectivity index (χ3n) is 2.40. The lowest BCUT2D eigenvalue weighted by atomic mass is 10.0. The molecule has 0 unspecified atom stereocenters. The van der Waals surface area contributed by atoms with Crippen molar-refractivity contribution in [1.82, 2.24) is 15.0 Å². The number of hydrogen-bond donors (Lipinski definition) is 2. The minimum absolute atomic E-state index is 0.339. The minimum atomic E-state index is 0.339. The van der Waals surface area contributed by atoms with Crippen LogP contribution in [0.5, 0.6) is 0 Å². The average Bonchev–Trinajstić information content (AvgIpc) is 2.59. The Labute approximate surface area is 102 Å². The molecule has 0 spiro atoms. The maximum atomic E-state index is 5.64. The van der Waals surface area contributed by atoms with E-state index in [0.717, 1.165) is 21.2 Å². The molecule has 0 aliphatic heterocycles. The Hall–Kier alpha value is -0.850. The third-order valence-corrected chi connectivity index (χ3v) is 3.13. The smallest absolute Gasteiger partial charge is 0.222 e. The summed E-state index contributed by atoms with van der Waals surface area (Å²) in [5.41, 5.74) is 8.76. The van der Waals surface area contributed by atoms with Crippen molar-refractivity contribution in [2.45, 2.75) is 24.2 Å². The first-order valence-corrected chi connectivity index (χ1v) is 6.35. The molecule has 0 atom stereocenters. The number of aromatic nitrogens is 3. The van der Waals surface area contributed by atoms with E-state index < -0.39 is 0 Å². The van der Waals surface area contributed by atoms with Crippen LogP contribution in [0, 0.1) is 0 Å². The van der Waals surface area contributed by atoms with Gasteiger partial charge in [-0.05, 0) is 11.5 Å². The van der Waals surface area contributed by atoms with Gasteiger partial charge in [-0.1, -0.05) is 36.4 Å². The van der Waals surface area contributed by atoms with Crippen LogP contribution in [-0.4, -0.2) is 15.0 Å². The van der Waals surface area contributed by atoms with Crippen LogP contribution in [0.15, 0.2) is 6.20 Å². The Morgan fingerprint density at radius 1 is 1.47 bits per heavy atom. The molecule has 0 radical (unpaired) electrons. The van der Waals surface area contributed by atoms with Gasteiger partial charge in [-0.25, -0.2) is 4.98 Å². The Morgan fingerprint density at radius 3 is 2.80 bits per heavy atom. The van der Waals surface area contributed by atoms with Crippen LogP contribution in [-0.2, 0) is 4.43 Å². The second kappa shape index (κ2) is 3.96. The summed E-state index contributed by atoms with van der Waals surface area (Å²) < 4.78 is 0.846. The van der Waals surface area contributed by atoms with Crippen molar-refractivity contribution >= 4 is 39.6 Å². The second-order valence-electron chi connectivity index (χ2n) is 3.78. The lowest BCUT2D eigenvalue weighted by Crippen LogP contribution is -1.99. The number of nitrogens with one attached hydrogen (secondary N) is 1. The average molecular weight is 316 g/mol. The summed E-state index contributed by atoms with van der Waals surface area (Å²) in [5.74, 6) is 0.805. The molecule has 2 aromatic heterocycles. The largest absolute Gasteiger partial charge is 0.368 e. The standard InChI is InChI=1S/C10H13IN4/c1-5(2)6-4-13-9-8(6)7(3-11)14-10(12)15-9/h4-5H,3H2,1-2H3,(H3,12,13,14,15). The molecule has 3 N–H and O–H groups in total. The van der Waals surface area contributed by atoms with Gasteiger partial charge < -0.3 is 10.7 Å². The van der Waals surface area contributed by atoms with E-state index in [1.165, 1.54) is 5.56 Å². The highest BCUT2D eigenvalue weighted by molar-refractivity contribution is 14.1. The first-order valence-electron chi connectivity index (χ1n) is 4.82. The summed E-state index contributed by atoms with van der Waals surface area (Å²) in [6, 6.07) is 0. The lowest BCUT2D eigenvalue weighted by Gasteiger charge is -2.05. The van der Waals surface area contributed by atoms with Crippen LogP contribution in [0.2, 0.25) is 0 Å². The van der Waals surface area contributed by atoms with Crippen molar-refractivity contribution in [3.63, 3.8) is 0 Å². The molecule has 0 amide bonds. The van der Waals surface area contributed by atoms with Crippen LogP contribution >= 0.6 is 22.6 Å². The number of aromatic amines is 1. The third kappa shape index (κ3) is 1.80. The molecule has 2 aromatic rings. The van der Waals surface area contributed by atoms with E-state index >= 15 is 0 Å². The van der Waals surface area contributed by atoms with Crippen molar-refractivity contribution in [2.24, 2.45) is 0 Å². The van der Waals surface area contributed by atoms with E-state index in [0.29, 0.717) is 11.9 Å². The van der Waals surface area contributed by atoms with Gasteiger partial charge in [0.05, 0.1) is 5.69 Å². The van der Waals surface area contributed by atoms with E-state index in [1.54, 1.807) is 0 Å². The summed E-state index contributed by atoms with van der Waals surface area (Å²) >= 11 is 2.30. The number of alkyl halides is 1. The molecule has 80 valence electrons. The zero-order valence-corrected chi connectivity index (χ0v) is 10.9. The predicted molar refractivity (Wildman–Crippen MR) is 70.1 cm³/mol. The molecular formula is C10H13IN4. The zero-order chi connectivity index (χ0) is 11.0. The molecule has 4 nitrogen and oxygen atoms in total. The molecule has 2 rings (SSSR count). The number of hydrogen-bond acceptors (Lipinski definition) is 3. The second-order valence-corrected chi connectivity index (χ2v) is 4.55. The summed E-state index contributed by atoms with van der Waals surface area (Å²) in [6.45, 7) is 4.33. The normalized spacial score (nSPS) is 11.5. The molecule has 0 aromatic carbocycles. The van der Waals surface area contributed by atoms with E-state index in [-0.39, 0.29) is 0 Å². The topological polar surface area (TPSA) is 67.6 Å². The van der Waals surface area contributed by atoms with Crippen molar-refractivity contribution < 1.29 is 0 Å². The van der Waals surface area contributed by atoms with Crippen molar-refractivity contribution in [3.05, 3.63) is 17.5 Å². The van der Waals surface area contributed by atoms with Crippen LogP contribution < -0.4 is 5.73 Å². The Bertz CT molecular complexity index is 489. The number of halogens is 1. The fraction of sp³-hybridized carbons (Fsp3) is 0.400. The molecule has 15 heavy (non-hydrogen) atoms. The van der Waals surface area contributed by atoms with Gasteiger partial charge in [0.25, 0.3) is 0 Å². The molecule has 0 aliphatic carbocycles. The molecule has 0 saturated heterocycles. The first-order chi connectivity index (χ1) is 7.13. The number of nitrogen functional groups attached to an aromatic ring is 1. The van der Waals surface area contributed by atoms with Crippen molar-refractivity contribution in [2.75, 3.05) is 5.73 Å². The molecule has 2 heterocycles. The summed E-state index contributed by atoms with van der Waals surface area (Å²) in [5, 5.41) is 1.13. The Morgan fingerprint density at radius 2 is 2.20 bits per heavy atom. The van der Waals surface area contributed by atoms with Gasteiger partial charge >= 0.3 is 0 Å². The SMILES string of the molecule is CC(C)c1c[nH]c2nc(N)nc(CI)c12. The van der Waals surface area contributed by atoms with E-state index in [2.05, 4.69) is 51.4 Å². The van der Waals surface area contributed by atoms with Gasteiger partial charge in [0.1, 0.15) is 5.65 Å². The van der Waals surface area contributed by atoms with Gasteiger partial charge in [-0.3, -0.25) is 0 Å². The lowest BCUT2D eigenvalue weighted by molar-refractivity contribution is 0.874. The van der Waals surface area contributed by atoms with Gasteiger partial charge in [0.15, 0.2) is 0 Å². The highest BCUT2D eigenvalue weighted by Crippen LogP contribution is 2.27. The van der Waals surface area contributed by atoms with Crippen LogP contribution in [0.4, 0.5) is 5.95 Å². The van der Waals surface area contributed by atoms with E-state index in [4.69, 9.17) is 5.73 Å². The van der Waals surface area contributed by atoms with Crippen LogP contribution in [0.25, 0.3) is 11.0 Å². The first kappa shape index (κ1) is 10.7. The summed E-state index contributed by atoms with van der Waals surface area (Å²) in [6.07, 6.45) is 2.00. The zero-order valence-electron chi connectivity index (χ0n) is 8.71. The maximum Gasteiger partial charge on any atom is 0.222 e. The maximum absolute atomic E-state index is 5.64. The van der Waals surface area contributed by atoms with Crippen LogP contribution in [0.1, 0.15) is 31.0 Å². The highest BCUT2D eigenvalue weighted by Gasteiger charge is 2.13. The number of H-pyrrole nitrogens is 1. The highest BCUT2D eigenvalue weighted by atomic mass is 127. The summed E-state index contributed by atoms with van der Waals surface area (Å²) in [7, 11) is 0. The minimum Gasteiger partial charge on any atom is -0.368 e. The van der Waals surface area contributed by atoms with E-state index in [1.807, 2.05) is 6.20 Å². The number of nitrogens with two attached hydrogens (primary N) is 1. The van der Waals surface area contributed by atoms with Crippen LogP contribution in [0.3, 0.4) is 0 Å². The monoisotopic (exact) mass is 316 g/mol.